The van der Waals surface area contributed by atoms with Gasteiger partial charge >= 0.3 is 0 Å². The number of allylic oxidation sites excluding steroid dienone is 5. The third-order valence-corrected chi connectivity index (χ3v) is 4.39. The summed E-state index contributed by atoms with van der Waals surface area (Å²) in [5, 5.41) is 9.32. The van der Waals surface area contributed by atoms with Crippen LogP contribution in [0.2, 0.25) is 10.0 Å². The molecule has 0 heterocycles. The number of carbonyl (C=O) groups is 1. The Morgan fingerprint density at radius 3 is 1.73 bits per heavy atom. The summed E-state index contributed by atoms with van der Waals surface area (Å²) in [4.78, 5) is 12.9. The Hall–Kier alpha value is -1.71. The van der Waals surface area contributed by atoms with E-state index in [2.05, 4.69) is 10.2 Å². The lowest BCUT2D eigenvalue weighted by Crippen LogP contribution is -2.27. The molecule has 1 aromatic carbocycles. The summed E-state index contributed by atoms with van der Waals surface area (Å²) in [5.74, 6) is 0.0979. The Morgan fingerprint density at radius 1 is 0.846 bits per heavy atom. The first kappa shape index (κ1) is 20.6. The van der Waals surface area contributed by atoms with Crippen molar-refractivity contribution in [3.63, 3.8) is 0 Å². The maximum absolute atomic E-state index is 12.9. The minimum Gasteiger partial charge on any atom is -0.289 e. The van der Waals surface area contributed by atoms with Crippen LogP contribution in [-0.2, 0) is 4.79 Å². The lowest BCUT2D eigenvalue weighted by atomic mass is 9.72. The standard InChI is InChI=1S/C21H24Cl2N2O/c1-20(2,3)17-7-13(8-18(19(17)26)21(4,5)6)12-24-25-16-10-14(22)9-15(23)11-16/h7-12H,1-6H3. The molecule has 0 aromatic heterocycles. The van der Waals surface area contributed by atoms with Gasteiger partial charge in [-0.2, -0.15) is 10.2 Å². The number of halogens is 2. The number of hydrogen-bond donors (Lipinski definition) is 0. The van der Waals surface area contributed by atoms with Crippen molar-refractivity contribution in [1.82, 2.24) is 0 Å². The van der Waals surface area contributed by atoms with Crippen LogP contribution in [0.5, 0.6) is 0 Å². The van der Waals surface area contributed by atoms with Crippen LogP contribution in [0.4, 0.5) is 5.69 Å². The molecule has 0 N–H and O–H groups in total. The Labute approximate surface area is 165 Å². The molecule has 1 aromatic rings. The fourth-order valence-electron chi connectivity index (χ4n) is 2.60. The van der Waals surface area contributed by atoms with E-state index in [1.54, 1.807) is 24.4 Å². The van der Waals surface area contributed by atoms with Crippen LogP contribution in [-0.4, -0.2) is 5.78 Å². The maximum atomic E-state index is 12.9. The Bertz CT molecular complexity index is 791. The molecule has 0 spiro atoms. The first-order chi connectivity index (χ1) is 11.9. The Kier molecular flexibility index (Phi) is 5.94. The zero-order chi connectivity index (χ0) is 19.7. The first-order valence-electron chi connectivity index (χ1n) is 8.44. The van der Waals surface area contributed by atoms with Gasteiger partial charge in [0.2, 0.25) is 0 Å². The summed E-state index contributed by atoms with van der Waals surface area (Å²) >= 11 is 11.9. The van der Waals surface area contributed by atoms with Gasteiger partial charge in [0.1, 0.15) is 0 Å². The smallest absolute Gasteiger partial charge is 0.186 e. The summed E-state index contributed by atoms with van der Waals surface area (Å²) < 4.78 is 0. The van der Waals surface area contributed by atoms with Gasteiger partial charge in [0.25, 0.3) is 0 Å². The van der Waals surface area contributed by atoms with E-state index in [0.717, 1.165) is 16.7 Å². The molecule has 1 aliphatic carbocycles. The molecule has 0 saturated carbocycles. The zero-order valence-electron chi connectivity index (χ0n) is 16.0. The molecule has 1 aliphatic rings. The quantitative estimate of drug-likeness (QED) is 0.482. The molecule has 0 amide bonds. The third kappa shape index (κ3) is 5.15. The molecular formula is C21H24Cl2N2O. The van der Waals surface area contributed by atoms with E-state index in [1.807, 2.05) is 53.7 Å². The number of ketones is 1. The normalized spacial score (nSPS) is 16.0. The average molecular weight is 391 g/mol. The second-order valence-electron chi connectivity index (χ2n) is 8.42. The lowest BCUT2D eigenvalue weighted by molar-refractivity contribution is -0.114. The van der Waals surface area contributed by atoms with Crippen LogP contribution in [0, 0.1) is 10.8 Å². The topological polar surface area (TPSA) is 41.8 Å². The lowest BCUT2D eigenvalue weighted by Gasteiger charge is -2.31. The van der Waals surface area contributed by atoms with Crippen molar-refractivity contribution in [2.24, 2.45) is 21.1 Å². The predicted octanol–water partition coefficient (Wildman–Crippen LogP) is 7.49. The molecule has 0 radical (unpaired) electrons. The monoisotopic (exact) mass is 390 g/mol. The van der Waals surface area contributed by atoms with E-state index in [-0.39, 0.29) is 16.6 Å². The number of carbonyl (C=O) groups excluding carboxylic acids is 1. The van der Waals surface area contributed by atoms with Crippen LogP contribution in [0.1, 0.15) is 41.5 Å². The minimum absolute atomic E-state index is 0.0979. The fraction of sp³-hybridized carbons (Fsp3) is 0.381. The van der Waals surface area contributed by atoms with Crippen molar-refractivity contribution in [3.8, 4) is 0 Å². The number of azo groups is 1. The first-order valence-corrected chi connectivity index (χ1v) is 9.20. The molecule has 0 saturated heterocycles. The van der Waals surface area contributed by atoms with Crippen molar-refractivity contribution in [2.75, 3.05) is 0 Å². The Balaban J connectivity index is 2.42. The highest BCUT2D eigenvalue weighted by molar-refractivity contribution is 6.35. The largest absolute Gasteiger partial charge is 0.289 e. The SMILES string of the molecule is CC(C)(C)C1=CC(=CN=Nc2cc(Cl)cc(Cl)c2)C=C(C(C)(C)C)C1=O. The van der Waals surface area contributed by atoms with Crippen LogP contribution in [0.15, 0.2) is 63.5 Å². The highest BCUT2D eigenvalue weighted by Crippen LogP contribution is 2.38. The van der Waals surface area contributed by atoms with Crippen molar-refractivity contribution in [1.29, 1.82) is 0 Å². The van der Waals surface area contributed by atoms with E-state index in [9.17, 15) is 4.79 Å². The number of rotatable bonds is 2. The van der Waals surface area contributed by atoms with Crippen molar-refractivity contribution in [2.45, 2.75) is 41.5 Å². The number of nitrogens with zero attached hydrogens (tertiary/aromatic N) is 2. The van der Waals surface area contributed by atoms with E-state index < -0.39 is 0 Å². The summed E-state index contributed by atoms with van der Waals surface area (Å²) in [7, 11) is 0. The van der Waals surface area contributed by atoms with E-state index in [0.29, 0.717) is 15.7 Å². The molecule has 0 atom stereocenters. The van der Waals surface area contributed by atoms with Crippen molar-refractivity contribution >= 4 is 34.7 Å². The number of hydrogen-bond acceptors (Lipinski definition) is 3. The second-order valence-corrected chi connectivity index (χ2v) is 9.29. The minimum atomic E-state index is -0.251. The average Bonchev–Trinajstić information content (AvgIpc) is 2.45. The van der Waals surface area contributed by atoms with Crippen LogP contribution in [0.3, 0.4) is 0 Å². The van der Waals surface area contributed by atoms with Crippen molar-refractivity contribution < 1.29 is 4.79 Å². The van der Waals surface area contributed by atoms with E-state index in [1.165, 1.54) is 0 Å². The summed E-state index contributed by atoms with van der Waals surface area (Å²) in [6.45, 7) is 12.2. The van der Waals surface area contributed by atoms with Gasteiger partial charge in [-0.15, -0.1) is 0 Å². The van der Waals surface area contributed by atoms with Gasteiger partial charge in [0.05, 0.1) is 11.9 Å². The molecule has 0 unspecified atom stereocenters. The van der Waals surface area contributed by atoms with Crippen LogP contribution < -0.4 is 0 Å². The Morgan fingerprint density at radius 2 is 1.31 bits per heavy atom. The second kappa shape index (κ2) is 7.50. The van der Waals surface area contributed by atoms with Crippen LogP contribution in [0.25, 0.3) is 0 Å². The molecule has 0 fully saturated rings. The van der Waals surface area contributed by atoms with Gasteiger partial charge in [0.15, 0.2) is 5.78 Å². The molecule has 0 bridgehead atoms. The number of Topliss-reactive ketones (excluding diaryl/α,β-unsaturated/α-hetero) is 1. The van der Waals surface area contributed by atoms with Crippen LogP contribution >= 0.6 is 23.2 Å². The number of benzene rings is 1. The zero-order valence-corrected chi connectivity index (χ0v) is 17.5. The summed E-state index contributed by atoms with van der Waals surface area (Å²) in [6, 6.07) is 5.02. The molecular weight excluding hydrogens is 367 g/mol. The molecule has 3 nitrogen and oxygen atoms in total. The molecule has 2 rings (SSSR count). The molecule has 26 heavy (non-hydrogen) atoms. The molecule has 0 aliphatic heterocycles. The third-order valence-electron chi connectivity index (χ3n) is 3.95. The highest BCUT2D eigenvalue weighted by atomic mass is 35.5. The van der Waals surface area contributed by atoms with Gasteiger partial charge < -0.3 is 0 Å². The van der Waals surface area contributed by atoms with Gasteiger partial charge in [-0.05, 0) is 46.8 Å². The predicted molar refractivity (Wildman–Crippen MR) is 109 cm³/mol. The summed E-state index contributed by atoms with van der Waals surface area (Å²) in [5.41, 5.74) is 2.47. The summed E-state index contributed by atoms with van der Waals surface area (Å²) in [6.07, 6.45) is 5.43. The van der Waals surface area contributed by atoms with Gasteiger partial charge in [-0.1, -0.05) is 64.7 Å². The molecule has 138 valence electrons. The van der Waals surface area contributed by atoms with Crippen molar-refractivity contribution in [3.05, 3.63) is 63.3 Å². The van der Waals surface area contributed by atoms with Gasteiger partial charge in [-0.3, -0.25) is 4.79 Å². The fourth-order valence-corrected chi connectivity index (χ4v) is 3.11. The van der Waals surface area contributed by atoms with E-state index >= 15 is 0 Å². The molecule has 5 heteroatoms. The van der Waals surface area contributed by atoms with Gasteiger partial charge in [-0.25, -0.2) is 0 Å². The van der Waals surface area contributed by atoms with E-state index in [4.69, 9.17) is 23.2 Å². The maximum Gasteiger partial charge on any atom is 0.186 e. The van der Waals surface area contributed by atoms with Gasteiger partial charge in [0, 0.05) is 21.2 Å². The highest BCUT2D eigenvalue weighted by Gasteiger charge is 2.33.